The number of ketones is 1. The molecule has 136 valence electrons. The Morgan fingerprint density at radius 1 is 0.655 bits per heavy atom. The van der Waals surface area contributed by atoms with Crippen molar-refractivity contribution in [2.75, 3.05) is 0 Å². The van der Waals surface area contributed by atoms with E-state index in [-0.39, 0.29) is 5.78 Å². The summed E-state index contributed by atoms with van der Waals surface area (Å²) in [5.74, 6) is 0.0519. The molecule has 5 aromatic rings. The summed E-state index contributed by atoms with van der Waals surface area (Å²) in [6.45, 7) is 0. The van der Waals surface area contributed by atoms with Crippen LogP contribution in [0.2, 0.25) is 0 Å². The van der Waals surface area contributed by atoms with Gasteiger partial charge < -0.3 is 0 Å². The fraction of sp³-hybridized carbons (Fsp3) is 0. The summed E-state index contributed by atoms with van der Waals surface area (Å²) in [7, 11) is 0. The zero-order chi connectivity index (χ0) is 19.5. The van der Waals surface area contributed by atoms with E-state index >= 15 is 0 Å². The van der Waals surface area contributed by atoms with E-state index in [1.165, 1.54) is 0 Å². The maximum Gasteiger partial charge on any atom is 0.196 e. The lowest BCUT2D eigenvalue weighted by atomic mass is 9.92. The van der Waals surface area contributed by atoms with Gasteiger partial charge >= 0.3 is 0 Å². The number of nitrogens with zero attached hydrogens (tertiary/aromatic N) is 1. The highest BCUT2D eigenvalue weighted by Gasteiger charge is 2.32. The molecule has 2 nitrogen and oxygen atoms in total. The highest BCUT2D eigenvalue weighted by Crippen LogP contribution is 2.45. The van der Waals surface area contributed by atoms with Gasteiger partial charge in [0.25, 0.3) is 0 Å². The molecule has 0 saturated carbocycles. The van der Waals surface area contributed by atoms with E-state index in [9.17, 15) is 4.79 Å². The summed E-state index contributed by atoms with van der Waals surface area (Å²) in [5, 5.41) is 3.25. The van der Waals surface area contributed by atoms with Gasteiger partial charge in [-0.05, 0) is 23.1 Å². The van der Waals surface area contributed by atoms with Crippen LogP contribution < -0.4 is 0 Å². The van der Waals surface area contributed by atoms with Gasteiger partial charge in [-0.25, -0.2) is 4.98 Å². The Morgan fingerprint density at radius 2 is 1.38 bits per heavy atom. The second-order valence-electron chi connectivity index (χ2n) is 7.27. The number of carbonyl (C=O) groups excluding carboxylic acids is 1. The molecule has 3 heteroatoms. The summed E-state index contributed by atoms with van der Waals surface area (Å²) in [5.41, 5.74) is 6.05. The number of carbonyl (C=O) groups is 1. The second-order valence-corrected chi connectivity index (χ2v) is 8.19. The molecule has 1 heterocycles. The van der Waals surface area contributed by atoms with Crippen molar-refractivity contribution in [2.24, 2.45) is 0 Å². The quantitative estimate of drug-likeness (QED) is 0.259. The topological polar surface area (TPSA) is 30.0 Å². The van der Waals surface area contributed by atoms with Crippen molar-refractivity contribution < 1.29 is 4.79 Å². The molecule has 0 bridgehead atoms. The highest BCUT2D eigenvalue weighted by molar-refractivity contribution is 9.10. The second kappa shape index (κ2) is 6.10. The van der Waals surface area contributed by atoms with E-state index in [4.69, 9.17) is 4.98 Å². The monoisotopic (exact) mass is 435 g/mol. The van der Waals surface area contributed by atoms with E-state index in [0.29, 0.717) is 5.56 Å². The minimum atomic E-state index is 0.0519. The Bertz CT molecular complexity index is 1470. The van der Waals surface area contributed by atoms with Gasteiger partial charge in [-0.2, -0.15) is 0 Å². The third-order valence-corrected chi connectivity index (χ3v) is 6.20. The molecule has 1 aliphatic rings. The van der Waals surface area contributed by atoms with Gasteiger partial charge in [0, 0.05) is 31.9 Å². The van der Waals surface area contributed by atoms with Gasteiger partial charge in [0.2, 0.25) is 0 Å². The maximum absolute atomic E-state index is 13.4. The van der Waals surface area contributed by atoms with Crippen LogP contribution in [0, 0.1) is 0 Å². The van der Waals surface area contributed by atoms with Crippen LogP contribution in [0.5, 0.6) is 0 Å². The van der Waals surface area contributed by atoms with E-state index in [1.807, 2.05) is 48.5 Å². The van der Waals surface area contributed by atoms with Crippen molar-refractivity contribution in [3.05, 3.63) is 101 Å². The fourth-order valence-corrected chi connectivity index (χ4v) is 4.62. The first-order chi connectivity index (χ1) is 14.2. The zero-order valence-corrected chi connectivity index (χ0v) is 16.9. The summed E-state index contributed by atoms with van der Waals surface area (Å²) in [6, 6.07) is 28.4. The Hall–Kier alpha value is -3.30. The number of hydrogen-bond donors (Lipinski definition) is 0. The van der Waals surface area contributed by atoms with Crippen molar-refractivity contribution in [1.82, 2.24) is 4.98 Å². The Labute approximate surface area is 176 Å². The summed E-state index contributed by atoms with van der Waals surface area (Å²) < 4.78 is 1.01. The minimum absolute atomic E-state index is 0.0519. The Balaban J connectivity index is 1.83. The molecule has 0 spiro atoms. The molecule has 29 heavy (non-hydrogen) atoms. The predicted octanol–water partition coefficient (Wildman–Crippen LogP) is 7.03. The molecule has 1 aliphatic carbocycles. The number of pyridine rings is 1. The van der Waals surface area contributed by atoms with Gasteiger partial charge in [-0.15, -0.1) is 0 Å². The van der Waals surface area contributed by atoms with Crippen molar-refractivity contribution in [1.29, 1.82) is 0 Å². The van der Waals surface area contributed by atoms with Gasteiger partial charge in [0.1, 0.15) is 0 Å². The molecular formula is C26H14BrNO. The van der Waals surface area contributed by atoms with Crippen LogP contribution in [0.4, 0.5) is 0 Å². The largest absolute Gasteiger partial charge is 0.288 e. The molecule has 0 aliphatic heterocycles. The SMILES string of the molecule is O=C1c2ccccc2-c2nc3c(ccc4ccccc43)c(-c3ccc(Br)cc3)c21. The highest BCUT2D eigenvalue weighted by atomic mass is 79.9. The van der Waals surface area contributed by atoms with Gasteiger partial charge in [-0.1, -0.05) is 88.7 Å². The van der Waals surface area contributed by atoms with E-state index in [0.717, 1.165) is 54.1 Å². The average Bonchev–Trinajstić information content (AvgIpc) is 3.05. The van der Waals surface area contributed by atoms with Crippen molar-refractivity contribution in [3.8, 4) is 22.4 Å². The smallest absolute Gasteiger partial charge is 0.196 e. The first-order valence-corrected chi connectivity index (χ1v) is 10.3. The number of benzene rings is 4. The number of aromatic nitrogens is 1. The van der Waals surface area contributed by atoms with Crippen molar-refractivity contribution in [3.63, 3.8) is 0 Å². The van der Waals surface area contributed by atoms with E-state index in [1.54, 1.807) is 0 Å². The molecule has 6 rings (SSSR count). The summed E-state index contributed by atoms with van der Waals surface area (Å²) in [6.07, 6.45) is 0. The Morgan fingerprint density at radius 3 is 2.21 bits per heavy atom. The Kier molecular flexibility index (Phi) is 3.50. The molecule has 0 saturated heterocycles. The van der Waals surface area contributed by atoms with E-state index < -0.39 is 0 Å². The molecule has 0 unspecified atom stereocenters. The van der Waals surface area contributed by atoms with Crippen LogP contribution >= 0.6 is 15.9 Å². The van der Waals surface area contributed by atoms with Crippen LogP contribution in [-0.2, 0) is 0 Å². The molecule has 4 aromatic carbocycles. The normalized spacial score (nSPS) is 12.4. The molecule has 1 aromatic heterocycles. The zero-order valence-electron chi connectivity index (χ0n) is 15.3. The first kappa shape index (κ1) is 16.6. The molecule has 0 atom stereocenters. The minimum Gasteiger partial charge on any atom is -0.288 e. The summed E-state index contributed by atoms with van der Waals surface area (Å²) in [4.78, 5) is 18.5. The number of fused-ring (bicyclic) bond motifs is 6. The van der Waals surface area contributed by atoms with Crippen LogP contribution in [0.3, 0.4) is 0 Å². The molecule has 0 amide bonds. The first-order valence-electron chi connectivity index (χ1n) is 9.48. The van der Waals surface area contributed by atoms with Crippen LogP contribution in [0.1, 0.15) is 15.9 Å². The van der Waals surface area contributed by atoms with Crippen LogP contribution in [0.25, 0.3) is 44.1 Å². The molecule has 0 radical (unpaired) electrons. The number of hydrogen-bond acceptors (Lipinski definition) is 2. The van der Waals surface area contributed by atoms with Gasteiger partial charge in [0.15, 0.2) is 5.78 Å². The third kappa shape index (κ3) is 2.34. The third-order valence-electron chi connectivity index (χ3n) is 5.67. The summed E-state index contributed by atoms with van der Waals surface area (Å²) >= 11 is 3.52. The molecule has 0 fully saturated rings. The average molecular weight is 436 g/mol. The standard InChI is InChI=1S/C26H14BrNO/c27-17-12-9-16(10-13-17)22-21-14-11-15-5-1-2-6-18(15)24(21)28-25-19-7-3-4-8-20(19)26(29)23(22)25/h1-14H. The van der Waals surface area contributed by atoms with Crippen LogP contribution in [0.15, 0.2) is 89.4 Å². The van der Waals surface area contributed by atoms with Crippen LogP contribution in [-0.4, -0.2) is 10.8 Å². The fourth-order valence-electron chi connectivity index (χ4n) is 4.35. The lowest BCUT2D eigenvalue weighted by Gasteiger charge is -2.14. The van der Waals surface area contributed by atoms with Gasteiger partial charge in [0.05, 0.1) is 16.8 Å². The van der Waals surface area contributed by atoms with Crippen molar-refractivity contribution >= 4 is 43.4 Å². The molecular weight excluding hydrogens is 422 g/mol. The van der Waals surface area contributed by atoms with Crippen molar-refractivity contribution in [2.45, 2.75) is 0 Å². The molecule has 0 N–H and O–H groups in total. The lowest BCUT2D eigenvalue weighted by molar-refractivity contribution is 0.104. The number of halogens is 1. The number of rotatable bonds is 1. The maximum atomic E-state index is 13.4. The lowest BCUT2D eigenvalue weighted by Crippen LogP contribution is -2.01. The van der Waals surface area contributed by atoms with E-state index in [2.05, 4.69) is 52.3 Å². The van der Waals surface area contributed by atoms with Gasteiger partial charge in [-0.3, -0.25) is 4.79 Å². The predicted molar refractivity (Wildman–Crippen MR) is 121 cm³/mol.